The molecule has 11 heavy (non-hydrogen) atoms. The van der Waals surface area contributed by atoms with Gasteiger partial charge in [-0.05, 0) is 30.5 Å². The van der Waals surface area contributed by atoms with E-state index < -0.39 is 0 Å². The smallest absolute Gasteiger partial charge is 0.119 e. The molecule has 0 unspecified atom stereocenters. The number of rotatable bonds is 3. The highest BCUT2D eigenvalue weighted by atomic mass is 16.5. The van der Waals surface area contributed by atoms with Crippen molar-refractivity contribution < 1.29 is 4.74 Å². The molecule has 0 amide bonds. The van der Waals surface area contributed by atoms with Crippen molar-refractivity contribution in [3.05, 3.63) is 36.8 Å². The van der Waals surface area contributed by atoms with Crippen molar-refractivity contribution in [2.45, 2.75) is 12.8 Å². The lowest BCUT2D eigenvalue weighted by Crippen LogP contribution is -1.86. The number of ether oxygens (including phenoxy) is 1. The highest BCUT2D eigenvalue weighted by molar-refractivity contribution is 5.28. The van der Waals surface area contributed by atoms with Gasteiger partial charge in [-0.25, -0.2) is 0 Å². The summed E-state index contributed by atoms with van der Waals surface area (Å²) >= 11 is 0. The third-order valence-corrected chi connectivity index (χ3v) is 1.60. The van der Waals surface area contributed by atoms with Gasteiger partial charge in [0.2, 0.25) is 0 Å². The summed E-state index contributed by atoms with van der Waals surface area (Å²) in [6, 6.07) is 8.09. The molecular weight excluding hydrogens is 136 g/mol. The maximum atomic E-state index is 5.08. The lowest BCUT2D eigenvalue weighted by Gasteiger charge is -2.01. The Bertz CT molecular complexity index is 218. The first kappa shape index (κ1) is 8.12. The molecule has 1 rings (SSSR count). The second-order valence-electron chi connectivity index (χ2n) is 2.46. The van der Waals surface area contributed by atoms with Gasteiger partial charge in [0.1, 0.15) is 5.75 Å². The number of aryl methyl sites for hydroxylation is 1. The van der Waals surface area contributed by atoms with Crippen LogP contribution in [0.2, 0.25) is 0 Å². The fourth-order valence-corrected chi connectivity index (χ4v) is 1.03. The van der Waals surface area contributed by atoms with Gasteiger partial charge in [-0.1, -0.05) is 19.1 Å². The van der Waals surface area contributed by atoms with Gasteiger partial charge >= 0.3 is 0 Å². The molecule has 0 aliphatic heterocycles. The highest BCUT2D eigenvalue weighted by Crippen LogP contribution is 2.13. The lowest BCUT2D eigenvalue weighted by atomic mass is 10.1. The molecule has 0 bridgehead atoms. The Balaban J connectivity index is 2.74. The quantitative estimate of drug-likeness (QED) is 0.641. The van der Waals surface area contributed by atoms with Crippen LogP contribution in [0.1, 0.15) is 12.0 Å². The van der Waals surface area contributed by atoms with E-state index in [4.69, 9.17) is 4.74 Å². The maximum Gasteiger partial charge on any atom is 0.119 e. The predicted octanol–water partition coefficient (Wildman–Crippen LogP) is 2.46. The summed E-state index contributed by atoms with van der Waals surface area (Å²) in [6.07, 6.45) is 1.96. The van der Waals surface area contributed by atoms with Crippen molar-refractivity contribution in [3.8, 4) is 5.75 Å². The number of benzene rings is 1. The van der Waals surface area contributed by atoms with Crippen molar-refractivity contribution in [2.75, 3.05) is 7.11 Å². The zero-order chi connectivity index (χ0) is 8.10. The first-order valence-corrected chi connectivity index (χ1v) is 3.79. The summed E-state index contributed by atoms with van der Waals surface area (Å²) in [7, 11) is 1.68. The maximum absolute atomic E-state index is 5.08. The first-order valence-electron chi connectivity index (χ1n) is 3.79. The monoisotopic (exact) mass is 149 g/mol. The molecule has 0 aliphatic rings. The van der Waals surface area contributed by atoms with Crippen LogP contribution in [0.15, 0.2) is 24.3 Å². The minimum absolute atomic E-state index is 0.927. The van der Waals surface area contributed by atoms with Crippen molar-refractivity contribution in [2.24, 2.45) is 0 Å². The SMILES string of the molecule is [CH2]CCc1cccc(OC)c1. The Morgan fingerprint density at radius 2 is 2.27 bits per heavy atom. The van der Waals surface area contributed by atoms with E-state index in [1.165, 1.54) is 5.56 Å². The molecule has 0 atom stereocenters. The number of hydrogen-bond acceptors (Lipinski definition) is 1. The minimum Gasteiger partial charge on any atom is -0.497 e. The van der Waals surface area contributed by atoms with Crippen LogP contribution in [0.25, 0.3) is 0 Å². The van der Waals surface area contributed by atoms with Crippen LogP contribution in [0, 0.1) is 6.92 Å². The molecule has 1 radical (unpaired) electrons. The topological polar surface area (TPSA) is 9.23 Å². The zero-order valence-corrected chi connectivity index (χ0v) is 6.84. The molecule has 0 heterocycles. The van der Waals surface area contributed by atoms with Gasteiger partial charge in [-0.15, -0.1) is 0 Å². The van der Waals surface area contributed by atoms with E-state index in [0.29, 0.717) is 0 Å². The Labute approximate surface area is 68.0 Å². The molecule has 0 saturated heterocycles. The van der Waals surface area contributed by atoms with Crippen LogP contribution in [0.5, 0.6) is 5.75 Å². The van der Waals surface area contributed by atoms with E-state index in [2.05, 4.69) is 13.0 Å². The average molecular weight is 149 g/mol. The van der Waals surface area contributed by atoms with Crippen LogP contribution >= 0.6 is 0 Å². The molecule has 0 aliphatic carbocycles. The Hall–Kier alpha value is -0.980. The fraction of sp³-hybridized carbons (Fsp3) is 0.300. The van der Waals surface area contributed by atoms with E-state index in [0.717, 1.165) is 18.6 Å². The van der Waals surface area contributed by atoms with E-state index in [1.54, 1.807) is 7.11 Å². The largest absolute Gasteiger partial charge is 0.497 e. The molecule has 0 saturated carbocycles. The van der Waals surface area contributed by atoms with Crippen LogP contribution in [-0.2, 0) is 6.42 Å². The van der Waals surface area contributed by atoms with E-state index in [1.807, 2.05) is 18.2 Å². The molecule has 0 spiro atoms. The van der Waals surface area contributed by atoms with E-state index in [9.17, 15) is 0 Å². The van der Waals surface area contributed by atoms with E-state index >= 15 is 0 Å². The first-order chi connectivity index (χ1) is 5.36. The summed E-state index contributed by atoms with van der Waals surface area (Å²) in [6.45, 7) is 3.80. The van der Waals surface area contributed by atoms with Crippen molar-refractivity contribution in [3.63, 3.8) is 0 Å². The van der Waals surface area contributed by atoms with E-state index in [-0.39, 0.29) is 0 Å². The molecule has 1 aromatic carbocycles. The standard InChI is InChI=1S/C10H13O/c1-3-5-9-6-4-7-10(8-9)11-2/h4,6-8H,1,3,5H2,2H3. The van der Waals surface area contributed by atoms with Crippen molar-refractivity contribution in [1.82, 2.24) is 0 Å². The van der Waals surface area contributed by atoms with Crippen molar-refractivity contribution >= 4 is 0 Å². The molecule has 1 nitrogen and oxygen atoms in total. The normalized spacial score (nSPS) is 9.64. The molecule has 59 valence electrons. The molecule has 1 aromatic rings. The zero-order valence-electron chi connectivity index (χ0n) is 6.84. The van der Waals surface area contributed by atoms with Gasteiger partial charge in [0.15, 0.2) is 0 Å². The van der Waals surface area contributed by atoms with Gasteiger partial charge in [-0.3, -0.25) is 0 Å². The minimum atomic E-state index is 0.927. The van der Waals surface area contributed by atoms with Crippen LogP contribution < -0.4 is 4.74 Å². The summed E-state index contributed by atoms with van der Waals surface area (Å²) in [5.41, 5.74) is 1.29. The Kier molecular flexibility index (Phi) is 2.96. The third kappa shape index (κ3) is 2.26. The summed E-state index contributed by atoms with van der Waals surface area (Å²) in [4.78, 5) is 0. The lowest BCUT2D eigenvalue weighted by molar-refractivity contribution is 0.414. The van der Waals surface area contributed by atoms with Gasteiger partial charge in [-0.2, -0.15) is 0 Å². The molecular formula is C10H13O. The van der Waals surface area contributed by atoms with Crippen LogP contribution in [0.4, 0.5) is 0 Å². The van der Waals surface area contributed by atoms with Gasteiger partial charge in [0, 0.05) is 0 Å². The van der Waals surface area contributed by atoms with Crippen LogP contribution in [0.3, 0.4) is 0 Å². The number of methoxy groups -OCH3 is 1. The predicted molar refractivity (Wildman–Crippen MR) is 46.7 cm³/mol. The second kappa shape index (κ2) is 4.02. The summed E-state index contributed by atoms with van der Waals surface area (Å²) in [5, 5.41) is 0. The Morgan fingerprint density at radius 3 is 2.91 bits per heavy atom. The third-order valence-electron chi connectivity index (χ3n) is 1.60. The fourth-order valence-electron chi connectivity index (χ4n) is 1.03. The molecule has 0 fully saturated rings. The summed E-state index contributed by atoms with van der Waals surface area (Å²) in [5.74, 6) is 0.927. The number of hydrogen-bond donors (Lipinski definition) is 0. The van der Waals surface area contributed by atoms with Crippen molar-refractivity contribution in [1.29, 1.82) is 0 Å². The summed E-state index contributed by atoms with van der Waals surface area (Å²) < 4.78 is 5.08. The molecule has 0 aromatic heterocycles. The Morgan fingerprint density at radius 1 is 1.45 bits per heavy atom. The van der Waals surface area contributed by atoms with Gasteiger partial charge < -0.3 is 4.74 Å². The van der Waals surface area contributed by atoms with Gasteiger partial charge in [0.05, 0.1) is 7.11 Å². The van der Waals surface area contributed by atoms with Gasteiger partial charge in [0.25, 0.3) is 0 Å². The second-order valence-corrected chi connectivity index (χ2v) is 2.46. The van der Waals surface area contributed by atoms with Crippen LogP contribution in [-0.4, -0.2) is 7.11 Å². The average Bonchev–Trinajstić information content (AvgIpc) is 2.06. The highest BCUT2D eigenvalue weighted by Gasteiger charge is 1.92. The molecule has 0 N–H and O–H groups in total. The molecule has 1 heteroatoms.